The number of anilines is 1. The minimum absolute atomic E-state index is 0.0459. The summed E-state index contributed by atoms with van der Waals surface area (Å²) in [6.07, 6.45) is 2.55. The summed E-state index contributed by atoms with van der Waals surface area (Å²) in [4.78, 5) is 16.2. The Labute approximate surface area is 80.6 Å². The number of amides is 1. The maximum Gasteiger partial charge on any atom is 0.226 e. The molecule has 0 radical (unpaired) electrons. The van der Waals surface area contributed by atoms with Gasteiger partial charge in [-0.15, -0.1) is 11.3 Å². The van der Waals surface area contributed by atoms with Gasteiger partial charge in [-0.1, -0.05) is 0 Å². The van der Waals surface area contributed by atoms with E-state index in [0.29, 0.717) is 18.0 Å². The SMILES string of the molecule is Cc1cnc(NC(=O)CCCO)s1. The summed E-state index contributed by atoms with van der Waals surface area (Å²) in [5.41, 5.74) is 0. The third-order valence-corrected chi connectivity index (χ3v) is 2.26. The number of aryl methyl sites for hydroxylation is 1. The molecule has 72 valence electrons. The molecule has 0 aliphatic heterocycles. The van der Waals surface area contributed by atoms with Crippen molar-refractivity contribution in [2.24, 2.45) is 0 Å². The molecule has 1 heterocycles. The van der Waals surface area contributed by atoms with E-state index in [1.165, 1.54) is 11.3 Å². The number of nitrogens with one attached hydrogen (secondary N) is 1. The first-order chi connectivity index (χ1) is 6.22. The third kappa shape index (κ3) is 3.52. The number of rotatable bonds is 4. The molecule has 0 aromatic carbocycles. The van der Waals surface area contributed by atoms with E-state index in [-0.39, 0.29) is 12.5 Å². The van der Waals surface area contributed by atoms with Gasteiger partial charge in [0.1, 0.15) is 0 Å². The Morgan fingerprint density at radius 1 is 1.77 bits per heavy atom. The lowest BCUT2D eigenvalue weighted by atomic mass is 10.3. The molecule has 5 heteroatoms. The highest BCUT2D eigenvalue weighted by Gasteiger charge is 2.03. The molecule has 0 spiro atoms. The molecule has 0 fully saturated rings. The first kappa shape index (κ1) is 10.1. The second-order valence-corrected chi connectivity index (χ2v) is 3.89. The quantitative estimate of drug-likeness (QED) is 0.766. The smallest absolute Gasteiger partial charge is 0.226 e. The minimum Gasteiger partial charge on any atom is -0.396 e. The molecule has 1 aromatic heterocycles. The van der Waals surface area contributed by atoms with Gasteiger partial charge in [0.05, 0.1) is 0 Å². The van der Waals surface area contributed by atoms with Gasteiger partial charge in [-0.25, -0.2) is 4.98 Å². The van der Waals surface area contributed by atoms with Crippen LogP contribution in [0, 0.1) is 6.92 Å². The largest absolute Gasteiger partial charge is 0.396 e. The summed E-state index contributed by atoms with van der Waals surface area (Å²) in [6.45, 7) is 1.98. The van der Waals surface area contributed by atoms with Crippen molar-refractivity contribution < 1.29 is 9.90 Å². The summed E-state index contributed by atoms with van der Waals surface area (Å²) < 4.78 is 0. The first-order valence-corrected chi connectivity index (χ1v) is 4.87. The van der Waals surface area contributed by atoms with E-state index >= 15 is 0 Å². The first-order valence-electron chi connectivity index (χ1n) is 4.05. The van der Waals surface area contributed by atoms with E-state index in [1.54, 1.807) is 6.20 Å². The molecule has 0 aliphatic rings. The Bertz CT molecular complexity index is 285. The lowest BCUT2D eigenvalue weighted by Gasteiger charge is -1.98. The zero-order valence-corrected chi connectivity index (χ0v) is 8.23. The Hall–Kier alpha value is -0.940. The summed E-state index contributed by atoms with van der Waals surface area (Å²) in [5, 5.41) is 11.8. The Kier molecular flexibility index (Phi) is 3.85. The molecule has 4 nitrogen and oxygen atoms in total. The predicted octanol–water partition coefficient (Wildman–Crippen LogP) is 1.16. The molecule has 1 aromatic rings. The van der Waals surface area contributed by atoms with Crippen molar-refractivity contribution in [1.29, 1.82) is 0 Å². The number of carbonyl (C=O) groups is 1. The maximum atomic E-state index is 11.1. The van der Waals surface area contributed by atoms with Crippen LogP contribution < -0.4 is 5.32 Å². The molecule has 1 rings (SSSR count). The fourth-order valence-corrected chi connectivity index (χ4v) is 1.51. The average molecular weight is 200 g/mol. The topological polar surface area (TPSA) is 62.2 Å². The molecule has 0 bridgehead atoms. The van der Waals surface area contributed by atoms with Gasteiger partial charge in [-0.05, 0) is 13.3 Å². The molecule has 0 unspecified atom stereocenters. The van der Waals surface area contributed by atoms with Crippen molar-refractivity contribution in [3.63, 3.8) is 0 Å². The number of aromatic nitrogens is 1. The Morgan fingerprint density at radius 3 is 3.08 bits per heavy atom. The van der Waals surface area contributed by atoms with Crippen molar-refractivity contribution in [2.75, 3.05) is 11.9 Å². The van der Waals surface area contributed by atoms with Crippen molar-refractivity contribution in [3.8, 4) is 0 Å². The van der Waals surface area contributed by atoms with Gasteiger partial charge in [0.2, 0.25) is 5.91 Å². The van der Waals surface area contributed by atoms with Crippen LogP contribution in [0.25, 0.3) is 0 Å². The van der Waals surface area contributed by atoms with Gasteiger partial charge in [0.15, 0.2) is 5.13 Å². The third-order valence-electron chi connectivity index (χ3n) is 1.43. The normalized spacial score (nSPS) is 10.0. The van der Waals surface area contributed by atoms with Crippen molar-refractivity contribution >= 4 is 22.4 Å². The molecule has 0 atom stereocenters. The highest BCUT2D eigenvalue weighted by molar-refractivity contribution is 7.15. The summed E-state index contributed by atoms with van der Waals surface area (Å²) in [6, 6.07) is 0. The van der Waals surface area contributed by atoms with Crippen molar-refractivity contribution in [3.05, 3.63) is 11.1 Å². The minimum atomic E-state index is -0.0941. The molecule has 0 saturated carbocycles. The van der Waals surface area contributed by atoms with E-state index < -0.39 is 0 Å². The van der Waals surface area contributed by atoms with Gasteiger partial charge in [-0.3, -0.25) is 4.79 Å². The van der Waals surface area contributed by atoms with E-state index in [0.717, 1.165) is 4.88 Å². The number of carbonyl (C=O) groups excluding carboxylic acids is 1. The standard InChI is InChI=1S/C8H12N2O2S/c1-6-5-9-8(13-6)10-7(12)3-2-4-11/h5,11H,2-4H2,1H3,(H,9,10,12). The van der Waals surface area contributed by atoms with Crippen LogP contribution in [0.15, 0.2) is 6.20 Å². The van der Waals surface area contributed by atoms with Crippen LogP contribution in [0.3, 0.4) is 0 Å². The number of aliphatic hydroxyl groups excluding tert-OH is 1. The molecule has 1 amide bonds. The van der Waals surface area contributed by atoms with E-state index in [4.69, 9.17) is 5.11 Å². The molecule has 2 N–H and O–H groups in total. The van der Waals surface area contributed by atoms with Crippen molar-refractivity contribution in [2.45, 2.75) is 19.8 Å². The summed E-state index contributed by atoms with van der Waals surface area (Å²) in [5.74, 6) is -0.0941. The fourth-order valence-electron chi connectivity index (χ4n) is 0.834. The molecule has 13 heavy (non-hydrogen) atoms. The predicted molar refractivity (Wildman–Crippen MR) is 51.8 cm³/mol. The lowest BCUT2D eigenvalue weighted by molar-refractivity contribution is -0.116. The van der Waals surface area contributed by atoms with Gasteiger partial charge in [-0.2, -0.15) is 0 Å². The zero-order valence-electron chi connectivity index (χ0n) is 7.41. The van der Waals surface area contributed by atoms with Gasteiger partial charge in [0.25, 0.3) is 0 Å². The molecule has 0 saturated heterocycles. The molecular weight excluding hydrogens is 188 g/mol. The number of nitrogens with zero attached hydrogens (tertiary/aromatic N) is 1. The highest BCUT2D eigenvalue weighted by atomic mass is 32.1. The zero-order chi connectivity index (χ0) is 9.68. The monoisotopic (exact) mass is 200 g/mol. The van der Waals surface area contributed by atoms with Crippen LogP contribution in [-0.2, 0) is 4.79 Å². The maximum absolute atomic E-state index is 11.1. The van der Waals surface area contributed by atoms with Gasteiger partial charge >= 0.3 is 0 Å². The number of hydrogen-bond acceptors (Lipinski definition) is 4. The Morgan fingerprint density at radius 2 is 2.54 bits per heavy atom. The summed E-state index contributed by atoms with van der Waals surface area (Å²) >= 11 is 1.44. The van der Waals surface area contributed by atoms with Crippen molar-refractivity contribution in [1.82, 2.24) is 4.98 Å². The molecular formula is C8H12N2O2S. The fraction of sp³-hybridized carbons (Fsp3) is 0.500. The Balaban J connectivity index is 2.36. The van der Waals surface area contributed by atoms with E-state index in [1.807, 2.05) is 6.92 Å². The van der Waals surface area contributed by atoms with Crippen LogP contribution in [-0.4, -0.2) is 22.6 Å². The average Bonchev–Trinajstić information content (AvgIpc) is 2.48. The van der Waals surface area contributed by atoms with Gasteiger partial charge in [0, 0.05) is 24.1 Å². The number of hydrogen-bond donors (Lipinski definition) is 2. The number of aliphatic hydroxyl groups is 1. The van der Waals surface area contributed by atoms with E-state index in [2.05, 4.69) is 10.3 Å². The lowest BCUT2D eigenvalue weighted by Crippen LogP contribution is -2.11. The van der Waals surface area contributed by atoms with Crippen LogP contribution >= 0.6 is 11.3 Å². The van der Waals surface area contributed by atoms with Gasteiger partial charge < -0.3 is 10.4 Å². The van der Waals surface area contributed by atoms with Crippen LogP contribution in [0.4, 0.5) is 5.13 Å². The summed E-state index contributed by atoms with van der Waals surface area (Å²) in [7, 11) is 0. The second-order valence-electron chi connectivity index (χ2n) is 2.65. The second kappa shape index (κ2) is 4.94. The highest BCUT2D eigenvalue weighted by Crippen LogP contribution is 2.16. The van der Waals surface area contributed by atoms with Crippen LogP contribution in [0.1, 0.15) is 17.7 Å². The van der Waals surface area contributed by atoms with Crippen LogP contribution in [0.5, 0.6) is 0 Å². The van der Waals surface area contributed by atoms with E-state index in [9.17, 15) is 4.79 Å². The number of thiazole rings is 1. The molecule has 0 aliphatic carbocycles. The van der Waals surface area contributed by atoms with Crippen LogP contribution in [0.2, 0.25) is 0 Å².